The Balaban J connectivity index is 2.00. The van der Waals surface area contributed by atoms with Gasteiger partial charge in [-0.2, -0.15) is 0 Å². The normalized spacial score (nSPS) is 19.0. The van der Waals surface area contributed by atoms with Crippen molar-refractivity contribution in [1.29, 1.82) is 0 Å². The summed E-state index contributed by atoms with van der Waals surface area (Å²) < 4.78 is 16.5. The van der Waals surface area contributed by atoms with Crippen molar-refractivity contribution in [1.82, 2.24) is 10.6 Å². The molecule has 0 unspecified atom stereocenters. The molecule has 0 aliphatic carbocycles. The van der Waals surface area contributed by atoms with Gasteiger partial charge in [-0.1, -0.05) is 33.8 Å². The standard InChI is InChI=1S/C29H51N3O5/c1-19(2)22(14-21-8-9-27(36-6)28(15-21)37-13-7-12-35-5)16-25(30)26(33)17-24(20(3)4)29(34)32-23-10-11-31-18-23/h8-9,15,19-20,22-26,31,33H,7,10-14,16-18,30H2,1-6H3,(H,32,34)/t22-,23-,24-,25-,26-/m0/s1. The summed E-state index contributed by atoms with van der Waals surface area (Å²) in [6.45, 7) is 11.4. The Morgan fingerprint density at radius 3 is 2.49 bits per heavy atom. The minimum Gasteiger partial charge on any atom is -0.493 e. The molecule has 0 aromatic heterocycles. The summed E-state index contributed by atoms with van der Waals surface area (Å²) in [6, 6.07) is 5.81. The van der Waals surface area contributed by atoms with E-state index in [1.807, 2.05) is 26.0 Å². The van der Waals surface area contributed by atoms with Crippen LogP contribution in [0, 0.1) is 23.7 Å². The molecule has 0 spiro atoms. The molecule has 0 saturated carbocycles. The van der Waals surface area contributed by atoms with Crippen LogP contribution in [0.15, 0.2) is 18.2 Å². The number of carbonyl (C=O) groups is 1. The number of amides is 1. The first kappa shape index (κ1) is 31.3. The second-order valence-corrected chi connectivity index (χ2v) is 11.1. The van der Waals surface area contributed by atoms with Gasteiger partial charge in [0.05, 0.1) is 19.8 Å². The average molecular weight is 522 g/mol. The molecule has 1 aromatic rings. The van der Waals surface area contributed by atoms with E-state index >= 15 is 0 Å². The van der Waals surface area contributed by atoms with Gasteiger partial charge < -0.3 is 35.7 Å². The van der Waals surface area contributed by atoms with Gasteiger partial charge in [0.15, 0.2) is 11.5 Å². The molecule has 1 aliphatic rings. The Hall–Kier alpha value is -1.87. The minimum absolute atomic E-state index is 0.0200. The summed E-state index contributed by atoms with van der Waals surface area (Å²) in [4.78, 5) is 12.9. The van der Waals surface area contributed by atoms with Crippen LogP contribution >= 0.6 is 0 Å². The van der Waals surface area contributed by atoms with Gasteiger partial charge >= 0.3 is 0 Å². The number of nitrogens with two attached hydrogens (primary N) is 1. The molecule has 0 radical (unpaired) electrons. The number of hydrogen-bond acceptors (Lipinski definition) is 7. The molecular formula is C29H51N3O5. The maximum atomic E-state index is 12.9. The Bertz CT molecular complexity index is 798. The number of aliphatic hydroxyl groups is 1. The number of nitrogens with one attached hydrogen (secondary N) is 2. The first-order valence-electron chi connectivity index (χ1n) is 13.9. The molecule has 8 nitrogen and oxygen atoms in total. The van der Waals surface area contributed by atoms with Crippen LogP contribution in [0.25, 0.3) is 0 Å². The van der Waals surface area contributed by atoms with Gasteiger partial charge in [-0.3, -0.25) is 4.79 Å². The number of aliphatic hydroxyl groups excluding tert-OH is 1. The van der Waals surface area contributed by atoms with Crippen LogP contribution in [0.1, 0.15) is 58.9 Å². The predicted molar refractivity (Wildman–Crippen MR) is 148 cm³/mol. The van der Waals surface area contributed by atoms with Crippen molar-refractivity contribution in [3.8, 4) is 11.5 Å². The lowest BCUT2D eigenvalue weighted by Gasteiger charge is -2.30. The lowest BCUT2D eigenvalue weighted by atomic mass is 9.80. The number of carbonyl (C=O) groups excluding carboxylic acids is 1. The quantitative estimate of drug-likeness (QED) is 0.233. The molecule has 1 aliphatic heterocycles. The summed E-state index contributed by atoms with van der Waals surface area (Å²) in [7, 11) is 3.32. The van der Waals surface area contributed by atoms with Crippen LogP contribution in [0.3, 0.4) is 0 Å². The molecule has 2 rings (SSSR count). The molecule has 5 N–H and O–H groups in total. The fourth-order valence-corrected chi connectivity index (χ4v) is 4.95. The monoisotopic (exact) mass is 521 g/mol. The molecule has 0 bridgehead atoms. The molecule has 37 heavy (non-hydrogen) atoms. The van der Waals surface area contributed by atoms with Crippen molar-refractivity contribution in [3.05, 3.63) is 23.8 Å². The van der Waals surface area contributed by atoms with Crippen molar-refractivity contribution in [2.75, 3.05) is 40.5 Å². The van der Waals surface area contributed by atoms with E-state index in [0.29, 0.717) is 37.7 Å². The van der Waals surface area contributed by atoms with Crippen molar-refractivity contribution in [2.24, 2.45) is 29.4 Å². The lowest BCUT2D eigenvalue weighted by molar-refractivity contribution is -0.128. The summed E-state index contributed by atoms with van der Waals surface area (Å²) in [5.74, 6) is 1.97. The van der Waals surface area contributed by atoms with E-state index in [1.54, 1.807) is 14.2 Å². The van der Waals surface area contributed by atoms with Crippen LogP contribution in [0.2, 0.25) is 0 Å². The minimum atomic E-state index is -0.739. The highest BCUT2D eigenvalue weighted by Crippen LogP contribution is 2.31. The van der Waals surface area contributed by atoms with E-state index < -0.39 is 12.1 Å². The zero-order valence-electron chi connectivity index (χ0n) is 23.8. The summed E-state index contributed by atoms with van der Waals surface area (Å²) in [5.41, 5.74) is 7.69. The Morgan fingerprint density at radius 2 is 1.89 bits per heavy atom. The highest BCUT2D eigenvalue weighted by atomic mass is 16.5. The molecule has 1 aromatic carbocycles. The Labute approximate surface area is 224 Å². The molecule has 212 valence electrons. The summed E-state index contributed by atoms with van der Waals surface area (Å²) in [6.07, 6.45) is 2.87. The highest BCUT2D eigenvalue weighted by Gasteiger charge is 2.31. The van der Waals surface area contributed by atoms with Crippen molar-refractivity contribution >= 4 is 5.91 Å². The van der Waals surface area contributed by atoms with E-state index in [-0.39, 0.29) is 29.7 Å². The van der Waals surface area contributed by atoms with E-state index in [1.165, 1.54) is 0 Å². The third-order valence-electron chi connectivity index (χ3n) is 7.53. The fraction of sp³-hybridized carbons (Fsp3) is 0.759. The summed E-state index contributed by atoms with van der Waals surface area (Å²) in [5, 5.41) is 17.5. The number of ether oxygens (including phenoxy) is 3. The molecule has 1 heterocycles. The van der Waals surface area contributed by atoms with Gasteiger partial charge in [-0.05, 0) is 67.7 Å². The zero-order valence-corrected chi connectivity index (χ0v) is 23.8. The molecule has 5 atom stereocenters. The third-order valence-corrected chi connectivity index (χ3v) is 7.53. The molecule has 8 heteroatoms. The fourth-order valence-electron chi connectivity index (χ4n) is 4.95. The Kier molecular flexibility index (Phi) is 13.7. The van der Waals surface area contributed by atoms with Gasteiger partial charge in [-0.15, -0.1) is 0 Å². The van der Waals surface area contributed by atoms with Crippen LogP contribution in [-0.4, -0.2) is 69.7 Å². The first-order chi connectivity index (χ1) is 17.7. The van der Waals surface area contributed by atoms with Gasteiger partial charge in [-0.25, -0.2) is 0 Å². The van der Waals surface area contributed by atoms with E-state index in [4.69, 9.17) is 19.9 Å². The highest BCUT2D eigenvalue weighted by molar-refractivity contribution is 5.79. The van der Waals surface area contributed by atoms with Crippen molar-refractivity contribution in [3.63, 3.8) is 0 Å². The van der Waals surface area contributed by atoms with E-state index in [0.717, 1.165) is 43.7 Å². The second kappa shape index (κ2) is 16.2. The smallest absolute Gasteiger partial charge is 0.223 e. The van der Waals surface area contributed by atoms with Crippen molar-refractivity contribution in [2.45, 2.75) is 78.0 Å². The van der Waals surface area contributed by atoms with Gasteiger partial charge in [0.25, 0.3) is 0 Å². The molecule has 1 fully saturated rings. The predicted octanol–water partition coefficient (Wildman–Crippen LogP) is 3.14. The summed E-state index contributed by atoms with van der Waals surface area (Å²) >= 11 is 0. The van der Waals surface area contributed by atoms with Crippen molar-refractivity contribution < 1.29 is 24.1 Å². The zero-order chi connectivity index (χ0) is 27.4. The van der Waals surface area contributed by atoms with E-state index in [9.17, 15) is 9.90 Å². The SMILES string of the molecule is COCCCOc1cc(C[C@@H](C[C@H](N)[C@@H](O)C[C@H](C(=O)N[C@H]2CCNC2)C(C)C)C(C)C)ccc1OC. The van der Waals surface area contributed by atoms with Gasteiger partial charge in [0, 0.05) is 44.7 Å². The number of hydrogen-bond donors (Lipinski definition) is 4. The maximum absolute atomic E-state index is 12.9. The number of rotatable bonds is 17. The number of benzene rings is 1. The molecule has 1 saturated heterocycles. The largest absolute Gasteiger partial charge is 0.493 e. The van der Waals surface area contributed by atoms with Crippen LogP contribution in [0.5, 0.6) is 11.5 Å². The lowest BCUT2D eigenvalue weighted by Crippen LogP contribution is -2.45. The maximum Gasteiger partial charge on any atom is 0.223 e. The molecule has 1 amide bonds. The van der Waals surface area contributed by atoms with Gasteiger partial charge in [0.1, 0.15) is 0 Å². The third kappa shape index (κ3) is 10.4. The van der Waals surface area contributed by atoms with Crippen LogP contribution in [-0.2, 0) is 16.0 Å². The molecular weight excluding hydrogens is 470 g/mol. The Morgan fingerprint density at radius 1 is 1.14 bits per heavy atom. The van der Waals surface area contributed by atoms with Gasteiger partial charge in [0.2, 0.25) is 5.91 Å². The van der Waals surface area contributed by atoms with Crippen LogP contribution in [0.4, 0.5) is 0 Å². The first-order valence-corrected chi connectivity index (χ1v) is 13.9. The number of methoxy groups -OCH3 is 2. The second-order valence-electron chi connectivity index (χ2n) is 11.1. The van der Waals surface area contributed by atoms with Crippen LogP contribution < -0.4 is 25.8 Å². The topological polar surface area (TPSA) is 115 Å². The average Bonchev–Trinajstić information content (AvgIpc) is 3.37. The van der Waals surface area contributed by atoms with E-state index in [2.05, 4.69) is 30.5 Å².